The number of nitrogens with zero attached hydrogens (tertiary/aromatic N) is 4. The molecule has 2 saturated heterocycles. The number of hydrogen-bond donors (Lipinski definition) is 3. The van der Waals surface area contributed by atoms with Gasteiger partial charge in [0, 0.05) is 75.6 Å². The Kier molecular flexibility index (Phi) is 10.1. The molecule has 260 valence electrons. The van der Waals surface area contributed by atoms with Gasteiger partial charge in [-0.3, -0.25) is 19.1 Å². The number of carbonyl (C=O) groups excluding carboxylic acids is 1. The van der Waals surface area contributed by atoms with E-state index in [1.54, 1.807) is 0 Å². The van der Waals surface area contributed by atoms with Crippen LogP contribution in [0.1, 0.15) is 48.7 Å². The lowest BCUT2D eigenvalue weighted by Crippen LogP contribution is -2.52. The first-order valence-corrected chi connectivity index (χ1v) is 16.3. The van der Waals surface area contributed by atoms with E-state index in [1.165, 1.54) is 47.3 Å². The van der Waals surface area contributed by atoms with Gasteiger partial charge in [-0.15, -0.1) is 0 Å². The maximum atomic E-state index is 15.5. The highest BCUT2D eigenvalue weighted by Gasteiger charge is 2.27. The van der Waals surface area contributed by atoms with Crippen molar-refractivity contribution in [3.8, 4) is 29.0 Å². The van der Waals surface area contributed by atoms with Gasteiger partial charge in [-0.2, -0.15) is 0 Å². The molecule has 50 heavy (non-hydrogen) atoms. The van der Waals surface area contributed by atoms with E-state index in [-0.39, 0.29) is 40.3 Å². The van der Waals surface area contributed by atoms with Gasteiger partial charge in [0.05, 0.1) is 11.2 Å². The minimum atomic E-state index is -0.910. The number of nitrogens with two attached hydrogens (primary N) is 1. The number of halogens is 2. The van der Waals surface area contributed by atoms with Crippen LogP contribution in [0.4, 0.5) is 20.3 Å². The Balaban J connectivity index is 1.26. The van der Waals surface area contributed by atoms with Crippen molar-refractivity contribution < 1.29 is 23.0 Å². The van der Waals surface area contributed by atoms with Crippen LogP contribution in [0.5, 0.6) is 11.5 Å². The second-order valence-electron chi connectivity index (χ2n) is 12.5. The van der Waals surface area contributed by atoms with Crippen LogP contribution in [0.3, 0.4) is 0 Å². The number of rotatable bonds is 7. The Labute approximate surface area is 286 Å². The number of pyridine rings is 1. The Bertz CT molecular complexity index is 2070. The molecule has 0 aliphatic carbocycles. The molecule has 0 bridgehead atoms. The van der Waals surface area contributed by atoms with E-state index in [2.05, 4.69) is 32.4 Å². The van der Waals surface area contributed by atoms with E-state index in [4.69, 9.17) is 15.2 Å². The summed E-state index contributed by atoms with van der Waals surface area (Å²) in [6.07, 6.45) is 3.62. The highest BCUT2D eigenvalue weighted by atomic mass is 19.1. The molecule has 12 nitrogen and oxygen atoms in total. The zero-order chi connectivity index (χ0) is 35.4. The number of piperazine rings is 1. The Morgan fingerprint density at radius 3 is 2.48 bits per heavy atom. The van der Waals surface area contributed by atoms with Crippen LogP contribution in [0.25, 0.3) is 5.69 Å². The van der Waals surface area contributed by atoms with Crippen LogP contribution in [-0.4, -0.2) is 69.9 Å². The Morgan fingerprint density at radius 1 is 1.06 bits per heavy atom. The molecule has 2 aliphatic rings. The van der Waals surface area contributed by atoms with Crippen LogP contribution in [0.15, 0.2) is 70.5 Å². The zero-order valence-corrected chi connectivity index (χ0v) is 27.7. The molecule has 4 aromatic rings. The fraction of sp³-hybridized carbons (Fsp3) is 0.333. The predicted molar refractivity (Wildman–Crippen MR) is 184 cm³/mol. The lowest BCUT2D eigenvalue weighted by atomic mass is 10.0. The van der Waals surface area contributed by atoms with Crippen molar-refractivity contribution in [2.75, 3.05) is 50.4 Å². The lowest BCUT2D eigenvalue weighted by Gasteiger charge is -2.37. The average molecular weight is 686 g/mol. The van der Waals surface area contributed by atoms with Gasteiger partial charge in [-0.25, -0.2) is 23.1 Å². The summed E-state index contributed by atoms with van der Waals surface area (Å²) in [6, 6.07) is 9.76. The van der Waals surface area contributed by atoms with Crippen molar-refractivity contribution in [1.82, 2.24) is 24.3 Å². The van der Waals surface area contributed by atoms with E-state index < -0.39 is 34.3 Å². The van der Waals surface area contributed by atoms with Crippen molar-refractivity contribution in [3.63, 3.8) is 0 Å². The highest BCUT2D eigenvalue weighted by molar-refractivity contribution is 6.03. The first-order chi connectivity index (χ1) is 24.0. The fourth-order valence-corrected chi connectivity index (χ4v) is 5.94. The zero-order valence-electron chi connectivity index (χ0n) is 27.7. The lowest BCUT2D eigenvalue weighted by molar-refractivity contribution is 0.0679. The molecule has 0 radical (unpaired) electrons. The van der Waals surface area contributed by atoms with Gasteiger partial charge in [0.2, 0.25) is 0 Å². The summed E-state index contributed by atoms with van der Waals surface area (Å²) in [6.45, 7) is 8.23. The molecule has 1 amide bonds. The first-order valence-electron chi connectivity index (χ1n) is 16.3. The summed E-state index contributed by atoms with van der Waals surface area (Å²) < 4.78 is 42.6. The van der Waals surface area contributed by atoms with Crippen molar-refractivity contribution in [1.29, 1.82) is 0 Å². The smallest absolute Gasteiger partial charge is 0.335 e. The molecular formula is C36H37F2N7O5. The van der Waals surface area contributed by atoms with Crippen molar-refractivity contribution in [3.05, 3.63) is 105 Å². The summed E-state index contributed by atoms with van der Waals surface area (Å²) in [5, 5.41) is 5.87. The highest BCUT2D eigenvalue weighted by Crippen LogP contribution is 2.31. The molecule has 6 rings (SSSR count). The molecule has 0 unspecified atom stereocenters. The third-order valence-electron chi connectivity index (χ3n) is 8.78. The van der Waals surface area contributed by atoms with Crippen molar-refractivity contribution in [2.45, 2.75) is 38.3 Å². The number of ether oxygens (including phenoxy) is 2. The quantitative estimate of drug-likeness (QED) is 0.248. The normalized spacial score (nSPS) is 15.6. The summed E-state index contributed by atoms with van der Waals surface area (Å²) in [5.74, 6) is 4.28. The fourth-order valence-electron chi connectivity index (χ4n) is 5.94. The third-order valence-corrected chi connectivity index (χ3v) is 8.78. The molecule has 2 aromatic heterocycles. The van der Waals surface area contributed by atoms with E-state index in [0.29, 0.717) is 31.6 Å². The number of hydrogen-bond acceptors (Lipinski definition) is 9. The molecule has 2 fully saturated rings. The number of benzene rings is 2. The van der Waals surface area contributed by atoms with Gasteiger partial charge < -0.3 is 25.8 Å². The monoisotopic (exact) mass is 685 g/mol. The predicted octanol–water partition coefficient (Wildman–Crippen LogP) is 3.69. The number of nitrogen functional groups attached to an aromatic ring is 1. The summed E-state index contributed by atoms with van der Waals surface area (Å²) in [5.41, 5.74) is 4.18. The van der Waals surface area contributed by atoms with E-state index in [9.17, 15) is 18.8 Å². The topological polar surface area (TPSA) is 146 Å². The van der Waals surface area contributed by atoms with Crippen LogP contribution in [0.2, 0.25) is 0 Å². The van der Waals surface area contributed by atoms with Gasteiger partial charge in [0.25, 0.3) is 11.5 Å². The number of amides is 1. The summed E-state index contributed by atoms with van der Waals surface area (Å²) in [7, 11) is 0. The van der Waals surface area contributed by atoms with E-state index in [1.807, 2.05) is 13.8 Å². The Morgan fingerprint density at radius 2 is 1.78 bits per heavy atom. The first kappa shape index (κ1) is 34.5. The summed E-state index contributed by atoms with van der Waals surface area (Å²) >= 11 is 0. The maximum Gasteiger partial charge on any atom is 0.335 e. The number of anilines is 2. The van der Waals surface area contributed by atoms with E-state index >= 15 is 4.39 Å². The minimum Gasteiger partial charge on any atom is -0.453 e. The van der Waals surface area contributed by atoms with Gasteiger partial charge in [0.1, 0.15) is 28.5 Å². The molecule has 4 N–H and O–H groups in total. The largest absolute Gasteiger partial charge is 0.453 e. The van der Waals surface area contributed by atoms with Crippen molar-refractivity contribution in [2.24, 2.45) is 0 Å². The van der Waals surface area contributed by atoms with Gasteiger partial charge in [-0.1, -0.05) is 11.8 Å². The second-order valence-corrected chi connectivity index (χ2v) is 12.5. The average Bonchev–Trinajstić information content (AvgIpc) is 3.11. The number of nitrogens with one attached hydrogen (secondary N) is 2. The van der Waals surface area contributed by atoms with E-state index in [0.717, 1.165) is 48.9 Å². The molecule has 2 aromatic carbocycles. The number of carbonyl (C=O) groups is 1. The second kappa shape index (κ2) is 14.6. The van der Waals surface area contributed by atoms with Gasteiger partial charge in [0.15, 0.2) is 11.6 Å². The molecule has 0 saturated carbocycles. The van der Waals surface area contributed by atoms with Crippen LogP contribution in [-0.2, 0) is 4.74 Å². The molecule has 2 aliphatic heterocycles. The van der Waals surface area contributed by atoms with Crippen LogP contribution < -0.4 is 32.4 Å². The van der Waals surface area contributed by atoms with Crippen molar-refractivity contribution >= 4 is 17.4 Å². The molecule has 4 heterocycles. The third kappa shape index (κ3) is 7.45. The Hall–Kier alpha value is -5.36. The molecule has 14 heteroatoms. The standard InChI is InChI=1S/C36H37F2N7O5/c1-36(2,43-17-15-40-16-18-43)13-9-27-30(10-14-41-32(27)39)50-31-8-5-24(21-29(31)38)42-33(46)28-22-44(25-11-19-49-20-12-25)35(48)45(34(28)47)26-6-3-23(37)4-7-26/h3-8,10,14,21-22,25,40H,11-12,15-20H2,1-2H3,(H2,39,41)(H,42,46). The van der Waals surface area contributed by atoms with Crippen LogP contribution >= 0.6 is 0 Å². The molecular weight excluding hydrogens is 648 g/mol. The molecule has 0 atom stereocenters. The number of aromatic nitrogens is 3. The summed E-state index contributed by atoms with van der Waals surface area (Å²) in [4.78, 5) is 47.0. The van der Waals surface area contributed by atoms with Gasteiger partial charge in [-0.05, 0) is 63.1 Å². The molecule has 0 spiro atoms. The van der Waals surface area contributed by atoms with Crippen LogP contribution in [0, 0.1) is 23.5 Å². The van der Waals surface area contributed by atoms with Gasteiger partial charge >= 0.3 is 5.69 Å². The maximum absolute atomic E-state index is 15.5. The minimum absolute atomic E-state index is 0.0310. The SMILES string of the molecule is CC(C)(C#Cc1c(Oc2ccc(NC(=O)c3cn(C4CCOCC4)c(=O)n(-c4ccc(F)cc4)c3=O)cc2F)ccnc1N)N1CCNCC1.